The maximum atomic E-state index is 5.30. The predicted molar refractivity (Wildman–Crippen MR) is 52.3 cm³/mol. The molecular formula is C9H15O2P. The molecule has 1 heterocycles. The molecule has 0 atom stereocenters. The Labute approximate surface area is 75.6 Å². The minimum Gasteiger partial charge on any atom is -0.336 e. The van der Waals surface area contributed by atoms with Crippen LogP contribution in [0.5, 0.6) is 0 Å². The highest BCUT2D eigenvalue weighted by atomic mass is 31.1. The molecular weight excluding hydrogens is 171 g/mol. The van der Waals surface area contributed by atoms with Crippen molar-refractivity contribution in [1.82, 2.24) is 0 Å². The maximum Gasteiger partial charge on any atom is 0.155 e. The normalized spacial score (nSPS) is 21.7. The Morgan fingerprint density at radius 1 is 1.17 bits per heavy atom. The van der Waals surface area contributed by atoms with Gasteiger partial charge in [0.15, 0.2) is 9.03 Å². The Hall–Kier alpha value is -0.170. The van der Waals surface area contributed by atoms with Gasteiger partial charge in [-0.2, -0.15) is 0 Å². The summed E-state index contributed by atoms with van der Waals surface area (Å²) in [5.74, 6) is 0. The van der Waals surface area contributed by atoms with Crippen LogP contribution in [0.25, 0.3) is 0 Å². The highest BCUT2D eigenvalue weighted by molar-refractivity contribution is 7.26. The molecule has 0 bridgehead atoms. The van der Waals surface area contributed by atoms with Crippen molar-refractivity contribution in [2.75, 3.05) is 13.2 Å². The van der Waals surface area contributed by atoms with Crippen LogP contribution in [0, 0.1) is 5.41 Å². The van der Waals surface area contributed by atoms with Gasteiger partial charge in [0.25, 0.3) is 0 Å². The molecule has 0 unspecified atom stereocenters. The molecule has 3 heteroatoms. The first-order valence-corrected chi connectivity index (χ1v) is 4.85. The Bertz CT molecular complexity index is 150. The van der Waals surface area contributed by atoms with Gasteiger partial charge in [0.1, 0.15) is 0 Å². The van der Waals surface area contributed by atoms with E-state index in [1.54, 1.807) is 0 Å². The van der Waals surface area contributed by atoms with E-state index in [1.165, 1.54) is 0 Å². The van der Waals surface area contributed by atoms with Gasteiger partial charge in [-0.15, -0.1) is 13.2 Å². The van der Waals surface area contributed by atoms with Gasteiger partial charge in [-0.1, -0.05) is 12.2 Å². The summed E-state index contributed by atoms with van der Waals surface area (Å²) in [6.07, 6.45) is 5.71. The predicted octanol–water partition coefficient (Wildman–Crippen LogP) is 2.68. The van der Waals surface area contributed by atoms with Crippen molar-refractivity contribution in [3.8, 4) is 0 Å². The van der Waals surface area contributed by atoms with Crippen LogP contribution in [0.15, 0.2) is 25.3 Å². The van der Waals surface area contributed by atoms with Crippen molar-refractivity contribution in [2.24, 2.45) is 5.41 Å². The summed E-state index contributed by atoms with van der Waals surface area (Å²) in [7, 11) is 0.209. The lowest BCUT2D eigenvalue weighted by atomic mass is 9.83. The van der Waals surface area contributed by atoms with Gasteiger partial charge in [-0.05, 0) is 12.8 Å². The second-order valence-electron chi connectivity index (χ2n) is 3.15. The highest BCUT2D eigenvalue weighted by Gasteiger charge is 2.31. The Kier molecular flexibility index (Phi) is 3.93. The lowest BCUT2D eigenvalue weighted by Gasteiger charge is -2.34. The third-order valence-corrected chi connectivity index (χ3v) is 2.55. The first kappa shape index (κ1) is 9.91. The van der Waals surface area contributed by atoms with Gasteiger partial charge in [0.05, 0.1) is 13.2 Å². The summed E-state index contributed by atoms with van der Waals surface area (Å²) >= 11 is 0. The summed E-state index contributed by atoms with van der Waals surface area (Å²) in [6.45, 7) is 9.01. The molecule has 1 saturated heterocycles. The van der Waals surface area contributed by atoms with Crippen molar-refractivity contribution in [2.45, 2.75) is 12.8 Å². The Morgan fingerprint density at radius 3 is 2.08 bits per heavy atom. The Morgan fingerprint density at radius 2 is 1.67 bits per heavy atom. The minimum atomic E-state index is 0.106. The van der Waals surface area contributed by atoms with E-state index >= 15 is 0 Å². The SMILES string of the molecule is C=CCC1(CC=C)COPOC1. The standard InChI is InChI=1S/C9H15O2P/c1-3-5-9(6-4-2)7-10-12-11-8-9/h3-4,12H,1-2,5-8H2. The molecule has 0 aliphatic carbocycles. The summed E-state index contributed by atoms with van der Waals surface area (Å²) < 4.78 is 10.6. The number of hydrogen-bond acceptors (Lipinski definition) is 2. The van der Waals surface area contributed by atoms with Crippen LogP contribution in [0.2, 0.25) is 0 Å². The summed E-state index contributed by atoms with van der Waals surface area (Å²) in [6, 6.07) is 0. The molecule has 0 aromatic carbocycles. The molecule has 0 radical (unpaired) electrons. The molecule has 1 aliphatic heterocycles. The quantitative estimate of drug-likeness (QED) is 0.496. The lowest BCUT2D eigenvalue weighted by molar-refractivity contribution is 0.0470. The number of rotatable bonds is 4. The van der Waals surface area contributed by atoms with Crippen LogP contribution in [-0.2, 0) is 9.05 Å². The molecule has 1 aliphatic rings. The second-order valence-corrected chi connectivity index (χ2v) is 3.89. The van der Waals surface area contributed by atoms with Crippen molar-refractivity contribution < 1.29 is 9.05 Å². The number of hydrogen-bond donors (Lipinski definition) is 0. The topological polar surface area (TPSA) is 18.5 Å². The van der Waals surface area contributed by atoms with Gasteiger partial charge in [0.2, 0.25) is 0 Å². The van der Waals surface area contributed by atoms with Gasteiger partial charge >= 0.3 is 0 Å². The highest BCUT2D eigenvalue weighted by Crippen LogP contribution is 2.37. The fourth-order valence-electron chi connectivity index (χ4n) is 1.38. The third kappa shape index (κ3) is 2.41. The maximum absolute atomic E-state index is 5.30. The van der Waals surface area contributed by atoms with E-state index in [1.807, 2.05) is 12.2 Å². The van der Waals surface area contributed by atoms with Gasteiger partial charge in [0, 0.05) is 5.41 Å². The fourth-order valence-corrected chi connectivity index (χ4v) is 2.19. The van der Waals surface area contributed by atoms with E-state index in [-0.39, 0.29) is 14.4 Å². The first-order valence-electron chi connectivity index (χ1n) is 4.03. The van der Waals surface area contributed by atoms with Crippen LogP contribution >= 0.6 is 9.03 Å². The van der Waals surface area contributed by atoms with Gasteiger partial charge < -0.3 is 9.05 Å². The average Bonchev–Trinajstić information content (AvgIpc) is 2.07. The van der Waals surface area contributed by atoms with Gasteiger partial charge in [-0.3, -0.25) is 0 Å². The van der Waals surface area contributed by atoms with E-state index in [2.05, 4.69) is 13.2 Å². The first-order chi connectivity index (χ1) is 5.83. The zero-order valence-electron chi connectivity index (χ0n) is 7.21. The largest absolute Gasteiger partial charge is 0.336 e. The second kappa shape index (κ2) is 4.76. The van der Waals surface area contributed by atoms with Crippen molar-refractivity contribution in [3.05, 3.63) is 25.3 Å². The zero-order valence-corrected chi connectivity index (χ0v) is 8.21. The monoisotopic (exact) mass is 186 g/mol. The molecule has 68 valence electrons. The zero-order chi connectivity index (χ0) is 8.86. The smallest absolute Gasteiger partial charge is 0.155 e. The van der Waals surface area contributed by atoms with Crippen LogP contribution in [-0.4, -0.2) is 13.2 Å². The van der Waals surface area contributed by atoms with Crippen LogP contribution in [0.3, 0.4) is 0 Å². The fraction of sp³-hybridized carbons (Fsp3) is 0.556. The van der Waals surface area contributed by atoms with Crippen LogP contribution in [0.1, 0.15) is 12.8 Å². The molecule has 0 amide bonds. The summed E-state index contributed by atoms with van der Waals surface area (Å²) in [5.41, 5.74) is 0.106. The molecule has 0 spiro atoms. The van der Waals surface area contributed by atoms with Crippen LogP contribution < -0.4 is 0 Å². The number of allylic oxidation sites excluding steroid dienone is 2. The van der Waals surface area contributed by atoms with E-state index in [9.17, 15) is 0 Å². The molecule has 12 heavy (non-hydrogen) atoms. The third-order valence-electron chi connectivity index (χ3n) is 2.03. The summed E-state index contributed by atoms with van der Waals surface area (Å²) in [4.78, 5) is 0. The molecule has 0 aromatic heterocycles. The summed E-state index contributed by atoms with van der Waals surface area (Å²) in [5, 5.41) is 0. The molecule has 1 rings (SSSR count). The van der Waals surface area contributed by atoms with Crippen molar-refractivity contribution in [1.29, 1.82) is 0 Å². The minimum absolute atomic E-state index is 0.106. The lowest BCUT2D eigenvalue weighted by Crippen LogP contribution is -2.32. The molecule has 0 N–H and O–H groups in total. The van der Waals surface area contributed by atoms with Gasteiger partial charge in [-0.25, -0.2) is 0 Å². The van der Waals surface area contributed by atoms with E-state index < -0.39 is 0 Å². The molecule has 2 nitrogen and oxygen atoms in total. The molecule has 0 aromatic rings. The van der Waals surface area contributed by atoms with E-state index in [4.69, 9.17) is 9.05 Å². The van der Waals surface area contributed by atoms with E-state index in [0.717, 1.165) is 26.1 Å². The molecule has 0 saturated carbocycles. The molecule has 1 fully saturated rings. The van der Waals surface area contributed by atoms with Crippen LogP contribution in [0.4, 0.5) is 0 Å². The van der Waals surface area contributed by atoms with E-state index in [0.29, 0.717) is 0 Å². The average molecular weight is 186 g/mol. The Balaban J connectivity index is 2.55. The van der Waals surface area contributed by atoms with Crippen molar-refractivity contribution in [3.63, 3.8) is 0 Å². The van der Waals surface area contributed by atoms with Crippen molar-refractivity contribution >= 4 is 9.03 Å².